The summed E-state index contributed by atoms with van der Waals surface area (Å²) in [6.07, 6.45) is 3.15. The third-order valence-electron chi connectivity index (χ3n) is 7.06. The van der Waals surface area contributed by atoms with Crippen LogP contribution in [0.1, 0.15) is 40.2 Å². The maximum absolute atomic E-state index is 15.3. The molecule has 0 radical (unpaired) electrons. The Labute approximate surface area is 242 Å². The Hall–Kier alpha value is -4.03. The maximum Gasteiger partial charge on any atom is 0.355 e. The molecule has 6 rings (SSSR count). The molecule has 1 unspecified atom stereocenters. The van der Waals surface area contributed by atoms with Gasteiger partial charge >= 0.3 is 5.97 Å². The van der Waals surface area contributed by atoms with Gasteiger partial charge in [-0.2, -0.15) is 5.10 Å². The van der Waals surface area contributed by atoms with Gasteiger partial charge < -0.3 is 10.6 Å². The number of nitrogens with two attached hydrogens (primary N) is 1. The highest BCUT2D eigenvalue weighted by atomic mass is 32.2. The van der Waals surface area contributed by atoms with Crippen LogP contribution >= 0.6 is 11.3 Å². The van der Waals surface area contributed by atoms with Crippen LogP contribution in [0.5, 0.6) is 0 Å². The lowest BCUT2D eigenvalue weighted by molar-refractivity contribution is 0.0691. The van der Waals surface area contributed by atoms with Crippen molar-refractivity contribution in [1.82, 2.24) is 14.8 Å². The van der Waals surface area contributed by atoms with Crippen molar-refractivity contribution in [3.05, 3.63) is 107 Å². The lowest BCUT2D eigenvalue weighted by atomic mass is 9.95. The van der Waals surface area contributed by atoms with Crippen molar-refractivity contribution < 1.29 is 24.0 Å². The molecule has 0 saturated heterocycles. The topological polar surface area (TPSA) is 141 Å². The van der Waals surface area contributed by atoms with Crippen molar-refractivity contribution in [1.29, 1.82) is 0 Å². The van der Waals surface area contributed by atoms with E-state index in [4.69, 9.17) is 10.2 Å². The van der Waals surface area contributed by atoms with Crippen LogP contribution in [0.4, 0.5) is 4.39 Å². The summed E-state index contributed by atoms with van der Waals surface area (Å²) in [4.78, 5) is 16.2. The molecule has 5 aromatic rings. The average molecular weight is 591 g/mol. The van der Waals surface area contributed by atoms with Gasteiger partial charge in [-0.05, 0) is 54.0 Å². The molecule has 4 N–H and O–H groups in total. The number of thiol groups is 1. The van der Waals surface area contributed by atoms with E-state index >= 15 is 4.39 Å². The SMILES string of the molecule is N[SH+](=O)c1ccc(Cc2c(-c3cccc(-c4ccccc4)c3)nn(-c3nc(C(=O)O)cs3)c2CC2CC2)c(F)c1.[OH-]. The number of thiazole rings is 1. The van der Waals surface area contributed by atoms with Crippen molar-refractivity contribution in [3.8, 4) is 27.5 Å². The molecule has 0 aliphatic heterocycles. The second-order valence-corrected chi connectivity index (χ2v) is 11.9. The summed E-state index contributed by atoms with van der Waals surface area (Å²) in [6.45, 7) is 0. The van der Waals surface area contributed by atoms with Gasteiger partial charge in [0.15, 0.2) is 21.6 Å². The van der Waals surface area contributed by atoms with Crippen LogP contribution in [0.3, 0.4) is 0 Å². The Morgan fingerprint density at radius 3 is 2.44 bits per heavy atom. The molecule has 0 spiro atoms. The molecule has 1 fully saturated rings. The van der Waals surface area contributed by atoms with Gasteiger partial charge in [0.1, 0.15) is 5.82 Å². The fourth-order valence-corrected chi connectivity index (χ4v) is 6.04. The van der Waals surface area contributed by atoms with Gasteiger partial charge in [0.05, 0.1) is 11.4 Å². The molecule has 3 aromatic carbocycles. The molecule has 0 amide bonds. The van der Waals surface area contributed by atoms with Crippen molar-refractivity contribution >= 4 is 28.3 Å². The smallest absolute Gasteiger partial charge is 0.355 e. The molecule has 11 heteroatoms. The summed E-state index contributed by atoms with van der Waals surface area (Å²) >= 11 is 1.21. The average Bonchev–Trinajstić information content (AvgIpc) is 3.51. The van der Waals surface area contributed by atoms with Gasteiger partial charge in [-0.15, -0.1) is 16.5 Å². The van der Waals surface area contributed by atoms with E-state index in [1.165, 1.54) is 22.8 Å². The van der Waals surface area contributed by atoms with E-state index in [0.717, 1.165) is 47.2 Å². The van der Waals surface area contributed by atoms with Crippen LogP contribution < -0.4 is 5.14 Å². The molecular formula is C30H27FN4O4S2. The van der Waals surface area contributed by atoms with Crippen molar-refractivity contribution in [2.75, 3.05) is 0 Å². The molecule has 2 heterocycles. The second kappa shape index (κ2) is 11.8. The van der Waals surface area contributed by atoms with Crippen LogP contribution in [0.25, 0.3) is 27.5 Å². The zero-order valence-electron chi connectivity index (χ0n) is 21.8. The fourth-order valence-electron chi connectivity index (χ4n) is 4.81. The van der Waals surface area contributed by atoms with Crippen LogP contribution in [0.15, 0.2) is 83.1 Å². The monoisotopic (exact) mass is 590 g/mol. The quantitative estimate of drug-likeness (QED) is 0.164. The normalized spacial score (nSPS) is 13.5. The first-order chi connectivity index (χ1) is 19.4. The Balaban J connectivity index is 0.00000337. The van der Waals surface area contributed by atoms with Crippen LogP contribution in [0, 0.1) is 11.7 Å². The number of aromatic nitrogens is 3. The van der Waals surface area contributed by atoms with Gasteiger partial charge in [0, 0.05) is 29.0 Å². The molecule has 1 saturated carbocycles. The van der Waals surface area contributed by atoms with Gasteiger partial charge in [-0.1, -0.05) is 58.8 Å². The minimum Gasteiger partial charge on any atom is -0.870 e. The van der Waals surface area contributed by atoms with E-state index in [1.54, 1.807) is 16.8 Å². The lowest BCUT2D eigenvalue weighted by Crippen LogP contribution is -2.07. The summed E-state index contributed by atoms with van der Waals surface area (Å²) in [6, 6.07) is 22.5. The van der Waals surface area contributed by atoms with E-state index in [-0.39, 0.29) is 22.5 Å². The van der Waals surface area contributed by atoms with Crippen LogP contribution in [0.2, 0.25) is 0 Å². The number of hydrogen-bond acceptors (Lipinski definition) is 6. The largest absolute Gasteiger partial charge is 0.870 e. The molecule has 2 aromatic heterocycles. The summed E-state index contributed by atoms with van der Waals surface area (Å²) in [5.41, 5.74) is 5.77. The first-order valence-electron chi connectivity index (χ1n) is 12.8. The van der Waals surface area contributed by atoms with E-state index in [2.05, 4.69) is 11.1 Å². The Bertz CT molecular complexity index is 1750. The molecule has 1 atom stereocenters. The van der Waals surface area contributed by atoms with E-state index in [9.17, 15) is 14.1 Å². The Morgan fingerprint density at radius 1 is 1.05 bits per heavy atom. The predicted octanol–water partition coefficient (Wildman–Crippen LogP) is 5.80. The summed E-state index contributed by atoms with van der Waals surface area (Å²) in [5.74, 6) is -1.11. The van der Waals surface area contributed by atoms with Crippen molar-refractivity contribution in [2.24, 2.45) is 11.1 Å². The van der Waals surface area contributed by atoms with Gasteiger partial charge in [0.2, 0.25) is 5.13 Å². The van der Waals surface area contributed by atoms with E-state index < -0.39 is 22.8 Å². The molecule has 41 heavy (non-hydrogen) atoms. The molecule has 1 aliphatic rings. The van der Waals surface area contributed by atoms with Gasteiger partial charge in [0.25, 0.3) is 0 Å². The molecule has 0 bridgehead atoms. The second-order valence-electron chi connectivity index (χ2n) is 9.88. The van der Waals surface area contributed by atoms with Gasteiger partial charge in [-0.25, -0.2) is 18.9 Å². The van der Waals surface area contributed by atoms with Crippen LogP contribution in [-0.2, 0) is 28.0 Å². The number of aromatic carboxylic acids is 1. The van der Waals surface area contributed by atoms with Crippen molar-refractivity contribution in [2.45, 2.75) is 30.6 Å². The number of carboxylic acids is 1. The minimum absolute atomic E-state index is 0. The predicted molar refractivity (Wildman–Crippen MR) is 157 cm³/mol. The molecule has 8 nitrogen and oxygen atoms in total. The maximum atomic E-state index is 15.3. The van der Waals surface area contributed by atoms with Crippen molar-refractivity contribution in [3.63, 3.8) is 0 Å². The fraction of sp³-hybridized carbons (Fsp3) is 0.167. The highest BCUT2D eigenvalue weighted by Crippen LogP contribution is 2.39. The standard InChI is InChI=1S/C30H25FN4O3S2.H2O/c31-25-16-23(40(32)38)12-11-21(25)15-24-27(13-18-9-10-18)35(30-33-26(17-39-30)29(36)37)34-28(24)22-8-4-7-20(14-22)19-5-2-1-3-6-19;/h1-8,11-12,14,16-18H,9-10,13,15H2,(H2,32,38)(H,36,37);1H2. The van der Waals surface area contributed by atoms with E-state index in [0.29, 0.717) is 22.3 Å². The number of halogens is 1. The number of carbonyl (C=O) groups is 1. The molecular weight excluding hydrogens is 563 g/mol. The van der Waals surface area contributed by atoms with Crippen LogP contribution in [-0.4, -0.2) is 31.3 Å². The third kappa shape index (κ3) is 6.03. The Morgan fingerprint density at radius 2 is 1.78 bits per heavy atom. The number of hydrogen-bond donors (Lipinski definition) is 2. The number of nitrogens with zero attached hydrogens (tertiary/aromatic N) is 3. The molecule has 1 aliphatic carbocycles. The number of rotatable bonds is 9. The summed E-state index contributed by atoms with van der Waals surface area (Å²) in [7, 11) is -2.15. The highest BCUT2D eigenvalue weighted by Gasteiger charge is 2.30. The highest BCUT2D eigenvalue weighted by molar-refractivity contribution is 7.82. The molecule has 210 valence electrons. The first kappa shape index (κ1) is 28.5. The summed E-state index contributed by atoms with van der Waals surface area (Å²) in [5, 5.41) is 21.9. The van der Waals surface area contributed by atoms with E-state index in [1.807, 2.05) is 48.5 Å². The lowest BCUT2D eigenvalue weighted by Gasteiger charge is -2.10. The first-order valence-corrected chi connectivity index (χ1v) is 15.0. The zero-order chi connectivity index (χ0) is 27.8. The Kier molecular flexibility index (Phi) is 8.22. The minimum atomic E-state index is -2.15. The zero-order valence-corrected chi connectivity index (χ0v) is 23.5. The summed E-state index contributed by atoms with van der Waals surface area (Å²) < 4.78 is 28.7. The number of benzene rings is 3. The third-order valence-corrected chi connectivity index (χ3v) is 8.67. The number of carboxylic acid groups (broad SMARTS) is 1. The van der Waals surface area contributed by atoms with Gasteiger partial charge in [-0.3, -0.25) is 0 Å².